The molecule has 3 rings (SSSR count). The number of rotatable bonds is 5. The second kappa shape index (κ2) is 5.76. The highest BCUT2D eigenvalue weighted by atomic mass is 32.2. The summed E-state index contributed by atoms with van der Waals surface area (Å²) in [6, 6.07) is 1.89. The number of aromatic nitrogens is 4. The van der Waals surface area contributed by atoms with Gasteiger partial charge in [-0.3, -0.25) is 0 Å². The Kier molecular flexibility index (Phi) is 3.83. The molecule has 0 unspecified atom stereocenters. The molecule has 0 N–H and O–H groups in total. The van der Waals surface area contributed by atoms with Crippen LogP contribution in [-0.2, 0) is 12.2 Å². The fraction of sp³-hybridized carbons (Fsp3) is 0.333. The number of thiazole rings is 1. The van der Waals surface area contributed by atoms with Crippen LogP contribution in [0.1, 0.15) is 28.0 Å². The Morgan fingerprint density at radius 2 is 2.15 bits per heavy atom. The lowest BCUT2D eigenvalue weighted by Crippen LogP contribution is -1.88. The molecule has 0 radical (unpaired) electrons. The molecule has 0 aliphatic carbocycles. The van der Waals surface area contributed by atoms with Gasteiger partial charge in [0.2, 0.25) is 5.89 Å². The van der Waals surface area contributed by atoms with Crippen molar-refractivity contribution >= 4 is 23.1 Å². The van der Waals surface area contributed by atoms with Gasteiger partial charge in [0, 0.05) is 17.2 Å². The third kappa shape index (κ3) is 3.26. The van der Waals surface area contributed by atoms with Gasteiger partial charge < -0.3 is 8.94 Å². The summed E-state index contributed by atoms with van der Waals surface area (Å²) in [5.41, 5.74) is 1.82. The third-order valence-corrected chi connectivity index (χ3v) is 4.14. The number of aryl methyl sites for hydroxylation is 2. The standard InChI is InChI=1S/C12H12N4O2S2/c1-7-3-10(16-18-7)6-20-12-15-14-11(17-12)4-9-5-19-8(2)13-9/h3,5H,4,6H2,1-2H3. The predicted octanol–water partition coefficient (Wildman–Crippen LogP) is 3.01. The first kappa shape index (κ1) is 13.3. The van der Waals surface area contributed by atoms with Crippen molar-refractivity contribution in [1.82, 2.24) is 20.3 Å². The number of thioether (sulfide) groups is 1. The van der Waals surface area contributed by atoms with Crippen LogP contribution in [0.15, 0.2) is 25.6 Å². The van der Waals surface area contributed by atoms with E-state index in [1.165, 1.54) is 11.8 Å². The van der Waals surface area contributed by atoms with Crippen molar-refractivity contribution in [3.8, 4) is 0 Å². The van der Waals surface area contributed by atoms with Gasteiger partial charge in [-0.25, -0.2) is 4.98 Å². The number of nitrogens with zero attached hydrogens (tertiary/aromatic N) is 4. The van der Waals surface area contributed by atoms with Crippen LogP contribution in [0, 0.1) is 13.8 Å². The summed E-state index contributed by atoms with van der Waals surface area (Å²) in [4.78, 5) is 4.37. The molecule has 20 heavy (non-hydrogen) atoms. The van der Waals surface area contributed by atoms with Crippen LogP contribution in [0.4, 0.5) is 0 Å². The van der Waals surface area contributed by atoms with Crippen molar-refractivity contribution in [3.63, 3.8) is 0 Å². The monoisotopic (exact) mass is 308 g/mol. The molecule has 0 amide bonds. The molecule has 0 atom stereocenters. The minimum atomic E-state index is 0.535. The first-order valence-electron chi connectivity index (χ1n) is 5.97. The molecule has 0 aliphatic rings. The van der Waals surface area contributed by atoms with Gasteiger partial charge >= 0.3 is 0 Å². The van der Waals surface area contributed by atoms with E-state index in [1.807, 2.05) is 25.3 Å². The van der Waals surface area contributed by atoms with Crippen molar-refractivity contribution < 1.29 is 8.94 Å². The summed E-state index contributed by atoms with van der Waals surface area (Å²) in [6.45, 7) is 3.84. The number of hydrogen-bond acceptors (Lipinski definition) is 8. The first-order valence-corrected chi connectivity index (χ1v) is 7.84. The molecule has 3 heterocycles. The summed E-state index contributed by atoms with van der Waals surface area (Å²) in [7, 11) is 0. The minimum Gasteiger partial charge on any atom is -0.416 e. The molecule has 3 aromatic heterocycles. The minimum absolute atomic E-state index is 0.535. The van der Waals surface area contributed by atoms with E-state index in [0.717, 1.165) is 22.2 Å². The smallest absolute Gasteiger partial charge is 0.276 e. The maximum atomic E-state index is 5.57. The van der Waals surface area contributed by atoms with E-state index in [1.54, 1.807) is 11.3 Å². The maximum absolute atomic E-state index is 5.57. The Labute approximate surface area is 123 Å². The van der Waals surface area contributed by atoms with Gasteiger partial charge in [0.25, 0.3) is 5.22 Å². The van der Waals surface area contributed by atoms with Crippen molar-refractivity contribution in [2.75, 3.05) is 0 Å². The molecule has 0 aliphatic heterocycles. The third-order valence-electron chi connectivity index (χ3n) is 2.47. The Morgan fingerprint density at radius 3 is 2.85 bits per heavy atom. The summed E-state index contributed by atoms with van der Waals surface area (Å²) in [5, 5.41) is 15.5. The Morgan fingerprint density at radius 1 is 1.25 bits per heavy atom. The zero-order valence-electron chi connectivity index (χ0n) is 11.0. The quantitative estimate of drug-likeness (QED) is 0.670. The molecule has 104 valence electrons. The van der Waals surface area contributed by atoms with Crippen molar-refractivity contribution in [2.45, 2.75) is 31.2 Å². The van der Waals surface area contributed by atoms with Crippen LogP contribution >= 0.6 is 23.1 Å². The lowest BCUT2D eigenvalue weighted by Gasteiger charge is -1.91. The van der Waals surface area contributed by atoms with E-state index >= 15 is 0 Å². The van der Waals surface area contributed by atoms with E-state index in [4.69, 9.17) is 8.94 Å². The van der Waals surface area contributed by atoms with E-state index in [9.17, 15) is 0 Å². The second-order valence-corrected chi connectivity index (χ2v) is 6.20. The SMILES string of the molecule is Cc1cc(CSc2nnc(Cc3csc(C)n3)o2)no1. The highest BCUT2D eigenvalue weighted by Crippen LogP contribution is 2.22. The average molecular weight is 308 g/mol. The van der Waals surface area contributed by atoms with Gasteiger partial charge in [0.05, 0.1) is 22.8 Å². The molecule has 0 saturated carbocycles. The maximum Gasteiger partial charge on any atom is 0.276 e. The highest BCUT2D eigenvalue weighted by Gasteiger charge is 2.10. The first-order chi connectivity index (χ1) is 9.69. The Balaban J connectivity index is 1.59. The fourth-order valence-electron chi connectivity index (χ4n) is 1.63. The molecule has 0 fully saturated rings. The van der Waals surface area contributed by atoms with Crippen molar-refractivity contribution in [2.24, 2.45) is 0 Å². The van der Waals surface area contributed by atoms with Gasteiger partial charge in [-0.05, 0) is 13.8 Å². The normalized spacial score (nSPS) is 11.1. The van der Waals surface area contributed by atoms with Crippen molar-refractivity contribution in [3.05, 3.63) is 39.5 Å². The molecule has 8 heteroatoms. The molecular weight excluding hydrogens is 296 g/mol. The average Bonchev–Trinajstić information content (AvgIpc) is 3.11. The van der Waals surface area contributed by atoms with Gasteiger partial charge in [0.1, 0.15) is 5.76 Å². The van der Waals surface area contributed by atoms with Crippen LogP contribution in [0.3, 0.4) is 0 Å². The predicted molar refractivity (Wildman–Crippen MR) is 74.8 cm³/mol. The molecular formula is C12H12N4O2S2. The molecule has 0 bridgehead atoms. The van der Waals surface area contributed by atoms with Crippen LogP contribution in [0.2, 0.25) is 0 Å². The Bertz CT molecular complexity index is 704. The zero-order chi connectivity index (χ0) is 13.9. The summed E-state index contributed by atoms with van der Waals surface area (Å²) in [5.74, 6) is 2.02. The largest absolute Gasteiger partial charge is 0.416 e. The lowest BCUT2D eigenvalue weighted by atomic mass is 10.3. The van der Waals surface area contributed by atoms with Crippen LogP contribution in [0.5, 0.6) is 0 Å². The van der Waals surface area contributed by atoms with E-state index in [-0.39, 0.29) is 0 Å². The van der Waals surface area contributed by atoms with Crippen LogP contribution in [-0.4, -0.2) is 20.3 Å². The van der Waals surface area contributed by atoms with Gasteiger partial charge in [-0.1, -0.05) is 16.9 Å². The van der Waals surface area contributed by atoms with Gasteiger partial charge in [0.15, 0.2) is 0 Å². The second-order valence-electron chi connectivity index (χ2n) is 4.21. The summed E-state index contributed by atoms with van der Waals surface area (Å²) in [6.07, 6.45) is 0.570. The lowest BCUT2D eigenvalue weighted by molar-refractivity contribution is 0.392. The molecule has 3 aromatic rings. The topological polar surface area (TPSA) is 77.8 Å². The molecule has 6 nitrogen and oxygen atoms in total. The van der Waals surface area contributed by atoms with Crippen LogP contribution in [0.25, 0.3) is 0 Å². The fourth-order valence-corrected chi connectivity index (χ4v) is 2.91. The van der Waals surface area contributed by atoms with Gasteiger partial charge in [-0.2, -0.15) is 0 Å². The molecule has 0 saturated heterocycles. The van der Waals surface area contributed by atoms with E-state index in [2.05, 4.69) is 20.3 Å². The van der Waals surface area contributed by atoms with Crippen LogP contribution < -0.4 is 0 Å². The van der Waals surface area contributed by atoms with E-state index < -0.39 is 0 Å². The highest BCUT2D eigenvalue weighted by molar-refractivity contribution is 7.98. The molecule has 0 spiro atoms. The Hall–Kier alpha value is -1.67. The summed E-state index contributed by atoms with van der Waals surface area (Å²) >= 11 is 3.06. The summed E-state index contributed by atoms with van der Waals surface area (Å²) < 4.78 is 10.6. The van der Waals surface area contributed by atoms with Crippen molar-refractivity contribution in [1.29, 1.82) is 0 Å². The molecule has 0 aromatic carbocycles. The number of hydrogen-bond donors (Lipinski definition) is 0. The zero-order valence-corrected chi connectivity index (χ0v) is 12.6. The van der Waals surface area contributed by atoms with E-state index in [0.29, 0.717) is 23.3 Å². The van der Waals surface area contributed by atoms with Gasteiger partial charge in [-0.15, -0.1) is 21.5 Å².